The van der Waals surface area contributed by atoms with Crippen LogP contribution in [0.4, 0.5) is 18.9 Å². The molecule has 200 valence electrons. The summed E-state index contributed by atoms with van der Waals surface area (Å²) < 4.78 is 41.3. The number of nitro groups is 1. The van der Waals surface area contributed by atoms with Crippen molar-refractivity contribution < 1.29 is 18.1 Å². The molecule has 0 radical (unpaired) electrons. The van der Waals surface area contributed by atoms with E-state index in [1.165, 1.54) is 18.2 Å². The minimum Gasteiger partial charge on any atom is -0.326 e. The molecule has 0 bridgehead atoms. The number of non-ortho nitro benzene ring substituents is 1. The lowest BCUT2D eigenvalue weighted by Crippen LogP contribution is -2.04. The van der Waals surface area contributed by atoms with E-state index in [9.17, 15) is 23.3 Å². The van der Waals surface area contributed by atoms with E-state index in [0.717, 1.165) is 28.8 Å². The zero-order chi connectivity index (χ0) is 28.3. The fourth-order valence-corrected chi connectivity index (χ4v) is 4.47. The first-order valence-corrected chi connectivity index (χ1v) is 12.6. The molecule has 0 aliphatic rings. The lowest BCUT2D eigenvalue weighted by Gasteiger charge is -2.09. The fourth-order valence-electron chi connectivity index (χ4n) is 4.24. The van der Waals surface area contributed by atoms with Gasteiger partial charge in [0.25, 0.3) is 5.69 Å². The van der Waals surface area contributed by atoms with E-state index in [4.69, 9.17) is 16.6 Å². The highest BCUT2D eigenvalue weighted by Gasteiger charge is 2.30. The van der Waals surface area contributed by atoms with Crippen LogP contribution in [0.15, 0.2) is 103 Å². The predicted octanol–water partition coefficient (Wildman–Crippen LogP) is 9.02. The molecule has 0 N–H and O–H groups in total. The lowest BCUT2D eigenvalue weighted by atomic mass is 10.0. The third kappa shape index (κ3) is 6.13. The Morgan fingerprint density at radius 2 is 1.60 bits per heavy atom. The highest BCUT2D eigenvalue weighted by molar-refractivity contribution is 6.33. The molecule has 0 aliphatic heterocycles. The molecule has 9 heteroatoms. The maximum absolute atomic E-state index is 13.1. The number of rotatable bonds is 7. The number of nitro benzene ring substituents is 1. The zero-order valence-electron chi connectivity index (χ0n) is 20.8. The summed E-state index contributed by atoms with van der Waals surface area (Å²) in [4.78, 5) is 15.3. The van der Waals surface area contributed by atoms with Crippen LogP contribution in [0.3, 0.4) is 0 Å². The van der Waals surface area contributed by atoms with Crippen molar-refractivity contribution in [2.24, 2.45) is 0 Å². The summed E-state index contributed by atoms with van der Waals surface area (Å²) in [6.45, 7) is 0.420. The monoisotopic (exact) mass is 559 g/mol. The van der Waals surface area contributed by atoms with Gasteiger partial charge in [-0.05, 0) is 46.5 Å². The SMILES string of the molecule is O=[N+]([O-])c1ccc(Cn2cc(-c3ccccc3Cl)nc2C=Cc2ccc(-c3cccc(C(F)(F)F)c3)cc2)cc1. The number of benzene rings is 4. The molecular formula is C31H21ClF3N3O2. The molecule has 4 aromatic carbocycles. The Balaban J connectivity index is 1.43. The van der Waals surface area contributed by atoms with Crippen molar-refractivity contribution in [2.45, 2.75) is 12.7 Å². The maximum Gasteiger partial charge on any atom is 0.416 e. The summed E-state index contributed by atoms with van der Waals surface area (Å²) in [6.07, 6.45) is 1.17. The molecular weight excluding hydrogens is 539 g/mol. The molecule has 1 aromatic heterocycles. The van der Waals surface area contributed by atoms with Crippen molar-refractivity contribution in [3.8, 4) is 22.4 Å². The van der Waals surface area contributed by atoms with Gasteiger partial charge in [0.2, 0.25) is 0 Å². The summed E-state index contributed by atoms with van der Waals surface area (Å²) in [5, 5.41) is 11.6. The van der Waals surface area contributed by atoms with Crippen LogP contribution < -0.4 is 0 Å². The van der Waals surface area contributed by atoms with Gasteiger partial charge in [-0.15, -0.1) is 0 Å². The van der Waals surface area contributed by atoms with Gasteiger partial charge in [-0.1, -0.05) is 84.4 Å². The topological polar surface area (TPSA) is 61.0 Å². The predicted molar refractivity (Wildman–Crippen MR) is 151 cm³/mol. The Kier molecular flexibility index (Phi) is 7.53. The van der Waals surface area contributed by atoms with Crippen LogP contribution in [0.2, 0.25) is 5.02 Å². The van der Waals surface area contributed by atoms with Gasteiger partial charge >= 0.3 is 6.18 Å². The molecule has 0 saturated carbocycles. The second-order valence-corrected chi connectivity index (χ2v) is 9.46. The molecule has 0 aliphatic carbocycles. The summed E-state index contributed by atoms with van der Waals surface area (Å²) >= 11 is 6.41. The van der Waals surface area contributed by atoms with Crippen molar-refractivity contribution in [1.82, 2.24) is 9.55 Å². The van der Waals surface area contributed by atoms with Gasteiger partial charge in [-0.3, -0.25) is 10.1 Å². The zero-order valence-corrected chi connectivity index (χ0v) is 21.6. The van der Waals surface area contributed by atoms with Gasteiger partial charge in [0.05, 0.1) is 21.2 Å². The largest absolute Gasteiger partial charge is 0.416 e. The minimum absolute atomic E-state index is 0.0137. The molecule has 0 amide bonds. The molecule has 0 saturated heterocycles. The third-order valence-electron chi connectivity index (χ3n) is 6.32. The quantitative estimate of drug-likeness (QED) is 0.148. The Morgan fingerprint density at radius 1 is 0.875 bits per heavy atom. The Morgan fingerprint density at radius 3 is 2.27 bits per heavy atom. The van der Waals surface area contributed by atoms with Gasteiger partial charge in [-0.25, -0.2) is 4.98 Å². The summed E-state index contributed by atoms with van der Waals surface area (Å²) in [6, 6.07) is 26.1. The highest BCUT2D eigenvalue weighted by Crippen LogP contribution is 2.32. The molecule has 5 nitrogen and oxygen atoms in total. The van der Waals surface area contributed by atoms with Crippen molar-refractivity contribution >= 4 is 29.4 Å². The highest BCUT2D eigenvalue weighted by atomic mass is 35.5. The number of imidazole rings is 1. The third-order valence-corrected chi connectivity index (χ3v) is 6.65. The van der Waals surface area contributed by atoms with Crippen LogP contribution in [-0.2, 0) is 12.7 Å². The van der Waals surface area contributed by atoms with E-state index < -0.39 is 16.7 Å². The van der Waals surface area contributed by atoms with Crippen LogP contribution in [0, 0.1) is 10.1 Å². The normalized spacial score (nSPS) is 11.7. The van der Waals surface area contributed by atoms with Gasteiger partial charge in [0.15, 0.2) is 0 Å². The number of hydrogen-bond acceptors (Lipinski definition) is 3. The van der Waals surface area contributed by atoms with E-state index in [0.29, 0.717) is 34.2 Å². The van der Waals surface area contributed by atoms with E-state index in [2.05, 4.69) is 0 Å². The van der Waals surface area contributed by atoms with Crippen LogP contribution in [0.1, 0.15) is 22.5 Å². The number of hydrogen-bond donors (Lipinski definition) is 0. The average Bonchev–Trinajstić information content (AvgIpc) is 3.34. The minimum atomic E-state index is -4.40. The first-order valence-electron chi connectivity index (χ1n) is 12.2. The van der Waals surface area contributed by atoms with Crippen LogP contribution in [0.5, 0.6) is 0 Å². The summed E-state index contributed by atoms with van der Waals surface area (Å²) in [5.74, 6) is 0.634. The number of alkyl halides is 3. The molecule has 5 aromatic rings. The molecule has 0 spiro atoms. The molecule has 5 rings (SSSR count). The number of halogens is 4. The van der Waals surface area contributed by atoms with E-state index in [1.54, 1.807) is 36.4 Å². The van der Waals surface area contributed by atoms with Gasteiger partial charge < -0.3 is 4.57 Å². The van der Waals surface area contributed by atoms with Crippen molar-refractivity contribution in [3.05, 3.63) is 141 Å². The first kappa shape index (κ1) is 26.9. The Labute approximate surface area is 233 Å². The van der Waals surface area contributed by atoms with E-state index in [-0.39, 0.29) is 5.69 Å². The first-order chi connectivity index (χ1) is 19.2. The molecule has 1 heterocycles. The van der Waals surface area contributed by atoms with E-state index in [1.807, 2.05) is 53.2 Å². The summed E-state index contributed by atoms with van der Waals surface area (Å²) in [5.41, 5.74) is 3.60. The van der Waals surface area contributed by atoms with Gasteiger partial charge in [0, 0.05) is 30.4 Å². The molecule has 40 heavy (non-hydrogen) atoms. The van der Waals surface area contributed by atoms with Crippen molar-refractivity contribution in [3.63, 3.8) is 0 Å². The van der Waals surface area contributed by atoms with Crippen molar-refractivity contribution in [1.29, 1.82) is 0 Å². The number of nitrogens with zero attached hydrogens (tertiary/aromatic N) is 3. The maximum atomic E-state index is 13.1. The lowest BCUT2D eigenvalue weighted by molar-refractivity contribution is -0.384. The molecule has 0 unspecified atom stereocenters. The van der Waals surface area contributed by atoms with E-state index >= 15 is 0 Å². The van der Waals surface area contributed by atoms with Crippen LogP contribution in [-0.4, -0.2) is 14.5 Å². The van der Waals surface area contributed by atoms with Crippen LogP contribution >= 0.6 is 11.6 Å². The van der Waals surface area contributed by atoms with Crippen LogP contribution in [0.25, 0.3) is 34.5 Å². The number of aromatic nitrogens is 2. The van der Waals surface area contributed by atoms with Gasteiger partial charge in [-0.2, -0.15) is 13.2 Å². The second kappa shape index (κ2) is 11.2. The molecule has 0 atom stereocenters. The average molecular weight is 560 g/mol. The van der Waals surface area contributed by atoms with Crippen molar-refractivity contribution in [2.75, 3.05) is 0 Å². The second-order valence-electron chi connectivity index (χ2n) is 9.05. The standard InChI is InChI=1S/C31H21ClF3N3O2/c32-28-7-2-1-6-27(28)29-20-37(19-22-10-15-26(16-11-22)38(39)40)30(36-29)17-12-21-8-13-23(14-9-21)24-4-3-5-25(18-24)31(33,34)35/h1-18,20H,19H2. The van der Waals surface area contributed by atoms with Gasteiger partial charge in [0.1, 0.15) is 5.82 Å². The Bertz CT molecular complexity index is 1690. The smallest absolute Gasteiger partial charge is 0.326 e. The fraction of sp³-hybridized carbons (Fsp3) is 0.0645. The Hall–Kier alpha value is -4.69. The molecule has 0 fully saturated rings. The summed E-state index contributed by atoms with van der Waals surface area (Å²) in [7, 11) is 0.